The van der Waals surface area contributed by atoms with Crippen molar-refractivity contribution in [1.29, 1.82) is 0 Å². The van der Waals surface area contributed by atoms with Crippen LogP contribution < -0.4 is 0 Å². The maximum Gasteiger partial charge on any atom is 0.356 e. The molecule has 2 aromatic rings. The van der Waals surface area contributed by atoms with Gasteiger partial charge in [-0.25, -0.2) is 9.78 Å². The molecule has 0 bridgehead atoms. The monoisotopic (exact) mass is 282 g/mol. The first-order valence-electron chi connectivity index (χ1n) is 4.47. The van der Waals surface area contributed by atoms with Crippen LogP contribution in [-0.4, -0.2) is 26.7 Å². The number of hydrogen-bond acceptors (Lipinski definition) is 3. The first-order chi connectivity index (χ1) is 7.65. The van der Waals surface area contributed by atoms with Gasteiger partial charge in [0, 0.05) is 10.7 Å². The second-order valence-electron chi connectivity index (χ2n) is 3.13. The molecule has 0 saturated heterocycles. The number of halogens is 1. The van der Waals surface area contributed by atoms with E-state index in [9.17, 15) is 9.59 Å². The fourth-order valence-electron chi connectivity index (χ4n) is 1.53. The average Bonchev–Trinajstić information content (AvgIpc) is 2.60. The zero-order valence-corrected chi connectivity index (χ0v) is 9.64. The van der Waals surface area contributed by atoms with E-state index in [2.05, 4.69) is 20.9 Å². The third-order valence-corrected chi connectivity index (χ3v) is 2.80. The van der Waals surface area contributed by atoms with Crippen LogP contribution in [0.5, 0.6) is 0 Å². The molecule has 2 aromatic heterocycles. The fourth-order valence-corrected chi connectivity index (χ4v) is 2.06. The van der Waals surface area contributed by atoms with Crippen LogP contribution in [0.15, 0.2) is 22.8 Å². The molecule has 0 aliphatic heterocycles. The molecule has 2 rings (SSSR count). The van der Waals surface area contributed by atoms with Crippen LogP contribution in [0.3, 0.4) is 0 Å². The number of aromatic carboxylic acids is 1. The minimum Gasteiger partial charge on any atom is -0.476 e. The van der Waals surface area contributed by atoms with Gasteiger partial charge in [0.2, 0.25) is 0 Å². The largest absolute Gasteiger partial charge is 0.476 e. The Kier molecular flexibility index (Phi) is 2.74. The molecule has 16 heavy (non-hydrogen) atoms. The summed E-state index contributed by atoms with van der Waals surface area (Å²) in [4.78, 5) is 25.4. The molecule has 0 amide bonds. The molecule has 0 aromatic carbocycles. The molecular formula is C10H7BrN2O3. The zero-order valence-electron chi connectivity index (χ0n) is 8.05. The first kappa shape index (κ1) is 10.8. The molecular weight excluding hydrogens is 276 g/mol. The zero-order chi connectivity index (χ0) is 11.7. The maximum atomic E-state index is 11.0. The minimum absolute atomic E-state index is 0.0516. The normalized spacial score (nSPS) is 10.6. The van der Waals surface area contributed by atoms with Crippen molar-refractivity contribution in [2.75, 3.05) is 0 Å². The van der Waals surface area contributed by atoms with Crippen LogP contribution in [0.25, 0.3) is 5.52 Å². The highest BCUT2D eigenvalue weighted by atomic mass is 79.9. The van der Waals surface area contributed by atoms with Gasteiger partial charge in [-0.3, -0.25) is 0 Å². The van der Waals surface area contributed by atoms with Gasteiger partial charge >= 0.3 is 5.97 Å². The van der Waals surface area contributed by atoms with E-state index in [1.807, 2.05) is 0 Å². The van der Waals surface area contributed by atoms with Crippen LogP contribution in [0.4, 0.5) is 0 Å². The van der Waals surface area contributed by atoms with E-state index in [0.29, 0.717) is 22.1 Å². The smallest absolute Gasteiger partial charge is 0.356 e. The van der Waals surface area contributed by atoms with Crippen LogP contribution >= 0.6 is 15.9 Å². The molecule has 0 saturated carbocycles. The molecule has 0 spiro atoms. The minimum atomic E-state index is -1.11. The van der Waals surface area contributed by atoms with Crippen LogP contribution in [-0.2, 0) is 11.2 Å². The van der Waals surface area contributed by atoms with Gasteiger partial charge in [-0.2, -0.15) is 0 Å². The summed E-state index contributed by atoms with van der Waals surface area (Å²) in [5.74, 6) is -0.690. The third kappa shape index (κ3) is 1.61. The van der Waals surface area contributed by atoms with E-state index in [4.69, 9.17) is 5.11 Å². The van der Waals surface area contributed by atoms with E-state index < -0.39 is 5.97 Å². The van der Waals surface area contributed by atoms with Gasteiger partial charge in [-0.15, -0.1) is 0 Å². The van der Waals surface area contributed by atoms with E-state index in [1.54, 1.807) is 22.7 Å². The molecule has 0 radical (unpaired) electrons. The van der Waals surface area contributed by atoms with E-state index in [0.717, 1.165) is 0 Å². The highest BCUT2D eigenvalue weighted by Crippen LogP contribution is 2.22. The Hall–Kier alpha value is -1.69. The number of imidazole rings is 1. The molecule has 1 N–H and O–H groups in total. The van der Waals surface area contributed by atoms with Crippen LogP contribution in [0.2, 0.25) is 0 Å². The maximum absolute atomic E-state index is 11.0. The number of hydrogen-bond donors (Lipinski definition) is 1. The lowest BCUT2D eigenvalue weighted by atomic mass is 10.3. The Morgan fingerprint density at radius 2 is 2.38 bits per heavy atom. The summed E-state index contributed by atoms with van der Waals surface area (Å²) in [7, 11) is 0. The summed E-state index contributed by atoms with van der Waals surface area (Å²) < 4.78 is 2.24. The van der Waals surface area contributed by atoms with E-state index in [-0.39, 0.29) is 12.1 Å². The van der Waals surface area contributed by atoms with Gasteiger partial charge in [-0.1, -0.05) is 0 Å². The van der Waals surface area contributed by atoms with Crippen molar-refractivity contribution in [1.82, 2.24) is 9.38 Å². The van der Waals surface area contributed by atoms with Crippen molar-refractivity contribution < 1.29 is 14.7 Å². The molecule has 0 unspecified atom stereocenters. The van der Waals surface area contributed by atoms with Gasteiger partial charge in [0.1, 0.15) is 12.1 Å². The predicted octanol–water partition coefficient (Wildman–Crippen LogP) is 1.54. The Bertz CT molecular complexity index is 577. The van der Waals surface area contributed by atoms with Crippen molar-refractivity contribution in [3.63, 3.8) is 0 Å². The van der Waals surface area contributed by atoms with Crippen molar-refractivity contribution in [2.45, 2.75) is 6.42 Å². The molecule has 0 fully saturated rings. The Labute approximate surface area is 98.8 Å². The number of rotatable bonds is 3. The van der Waals surface area contributed by atoms with Crippen molar-refractivity contribution in [2.24, 2.45) is 0 Å². The summed E-state index contributed by atoms with van der Waals surface area (Å²) in [6.07, 6.45) is 2.46. The number of fused-ring (bicyclic) bond motifs is 1. The Morgan fingerprint density at radius 1 is 1.62 bits per heavy atom. The SMILES string of the molecule is O=CCc1nc(C(=O)O)c2c(Br)cccn12. The number of aldehydes is 1. The van der Waals surface area contributed by atoms with Crippen molar-refractivity contribution >= 4 is 33.7 Å². The molecule has 6 heteroatoms. The number of carboxylic acid groups (broad SMARTS) is 1. The second kappa shape index (κ2) is 4.05. The fraction of sp³-hybridized carbons (Fsp3) is 0.100. The summed E-state index contributed by atoms with van der Waals surface area (Å²) in [6, 6.07) is 3.48. The Balaban J connectivity index is 2.81. The number of carbonyl (C=O) groups is 2. The lowest BCUT2D eigenvalue weighted by molar-refractivity contribution is -0.107. The summed E-state index contributed by atoms with van der Waals surface area (Å²) in [6.45, 7) is 0. The number of carboxylic acids is 1. The molecule has 2 heterocycles. The summed E-state index contributed by atoms with van der Waals surface area (Å²) in [5, 5.41) is 9.00. The van der Waals surface area contributed by atoms with Gasteiger partial charge in [0.25, 0.3) is 0 Å². The molecule has 0 aliphatic carbocycles. The van der Waals surface area contributed by atoms with E-state index in [1.165, 1.54) is 0 Å². The summed E-state index contributed by atoms with van der Waals surface area (Å²) in [5.41, 5.74) is 0.413. The van der Waals surface area contributed by atoms with Gasteiger partial charge < -0.3 is 14.3 Å². The van der Waals surface area contributed by atoms with Crippen LogP contribution in [0.1, 0.15) is 16.3 Å². The molecule has 0 aliphatic rings. The predicted molar refractivity (Wildman–Crippen MR) is 59.6 cm³/mol. The topological polar surface area (TPSA) is 71.7 Å². The number of pyridine rings is 1. The quantitative estimate of drug-likeness (QED) is 0.867. The summed E-state index contributed by atoms with van der Waals surface area (Å²) >= 11 is 3.27. The number of aromatic nitrogens is 2. The first-order valence-corrected chi connectivity index (χ1v) is 5.27. The standard InChI is InChI=1S/C10H7BrN2O3/c11-6-2-1-4-13-7(3-5-14)12-8(9(6)13)10(15)16/h1-2,4-5H,3H2,(H,15,16). The van der Waals surface area contributed by atoms with Crippen LogP contribution in [0, 0.1) is 0 Å². The molecule has 0 atom stereocenters. The highest BCUT2D eigenvalue weighted by molar-refractivity contribution is 9.10. The highest BCUT2D eigenvalue weighted by Gasteiger charge is 2.18. The van der Waals surface area contributed by atoms with Gasteiger partial charge in [-0.05, 0) is 28.1 Å². The van der Waals surface area contributed by atoms with Gasteiger partial charge in [0.15, 0.2) is 5.69 Å². The third-order valence-electron chi connectivity index (χ3n) is 2.16. The van der Waals surface area contributed by atoms with E-state index >= 15 is 0 Å². The average molecular weight is 283 g/mol. The van der Waals surface area contributed by atoms with Gasteiger partial charge in [0.05, 0.1) is 11.9 Å². The lowest BCUT2D eigenvalue weighted by Crippen LogP contribution is -1.97. The molecule has 5 nitrogen and oxygen atoms in total. The number of nitrogens with zero attached hydrogens (tertiary/aromatic N) is 2. The Morgan fingerprint density at radius 3 is 3.00 bits per heavy atom. The van der Waals surface area contributed by atoms with Crippen molar-refractivity contribution in [3.05, 3.63) is 34.3 Å². The lowest BCUT2D eigenvalue weighted by Gasteiger charge is -1.98. The van der Waals surface area contributed by atoms with Crippen molar-refractivity contribution in [3.8, 4) is 0 Å². The second-order valence-corrected chi connectivity index (χ2v) is 3.98. The molecule has 82 valence electrons. The number of carbonyl (C=O) groups excluding carboxylic acids is 1.